The summed E-state index contributed by atoms with van der Waals surface area (Å²) < 4.78 is 1.51. The number of nitrogens with one attached hydrogen (secondary N) is 2. The number of likely N-dealkylation sites (N-methyl/N-ethyl adjacent to an activating group) is 1. The van der Waals surface area contributed by atoms with Gasteiger partial charge in [-0.05, 0) is 44.1 Å². The Morgan fingerprint density at radius 2 is 1.94 bits per heavy atom. The van der Waals surface area contributed by atoms with Crippen molar-refractivity contribution in [3.63, 3.8) is 0 Å². The van der Waals surface area contributed by atoms with Crippen LogP contribution in [0.25, 0.3) is 0 Å². The molecule has 0 bridgehead atoms. The van der Waals surface area contributed by atoms with E-state index in [1.165, 1.54) is 28.5 Å². The summed E-state index contributed by atoms with van der Waals surface area (Å²) in [4.78, 5) is 40.3. The molecule has 1 aliphatic carbocycles. The van der Waals surface area contributed by atoms with Gasteiger partial charge in [0.05, 0.1) is 6.54 Å². The maximum atomic E-state index is 13.2. The highest BCUT2D eigenvalue weighted by Gasteiger charge is 2.46. The largest absolute Gasteiger partial charge is 0.351 e. The summed E-state index contributed by atoms with van der Waals surface area (Å²) in [6.07, 6.45) is 8.66. The number of carbonyl (C=O) groups is 3. The van der Waals surface area contributed by atoms with Gasteiger partial charge in [0.25, 0.3) is 11.8 Å². The second kappa shape index (κ2) is 11.2. The number of carbonyl (C=O) groups excluding carboxylic acids is 3. The van der Waals surface area contributed by atoms with Gasteiger partial charge in [-0.1, -0.05) is 32.6 Å². The SMILES string of the molecule is CCCSCCCNC(=O)c1cc2n(n1)C[C@](C)(C(=O)NC1CCCCCC1)N(C)C2=O. The molecule has 8 nitrogen and oxygen atoms in total. The lowest BCUT2D eigenvalue weighted by molar-refractivity contribution is -0.133. The molecule has 0 unspecified atom stereocenters. The maximum absolute atomic E-state index is 13.2. The monoisotopic (exact) mass is 463 g/mol. The number of aromatic nitrogens is 2. The first-order valence-corrected chi connectivity index (χ1v) is 13.0. The van der Waals surface area contributed by atoms with E-state index in [0.29, 0.717) is 12.2 Å². The fourth-order valence-corrected chi connectivity index (χ4v) is 5.16. The van der Waals surface area contributed by atoms with Gasteiger partial charge in [-0.3, -0.25) is 19.1 Å². The van der Waals surface area contributed by atoms with Crippen molar-refractivity contribution >= 4 is 29.5 Å². The van der Waals surface area contributed by atoms with Crippen LogP contribution in [0.3, 0.4) is 0 Å². The summed E-state index contributed by atoms with van der Waals surface area (Å²) in [5, 5.41) is 10.4. The third-order valence-corrected chi connectivity index (χ3v) is 7.79. The van der Waals surface area contributed by atoms with Gasteiger partial charge in [0.2, 0.25) is 5.91 Å². The molecule has 2 aliphatic rings. The van der Waals surface area contributed by atoms with Crippen molar-refractivity contribution in [3.8, 4) is 0 Å². The van der Waals surface area contributed by atoms with Gasteiger partial charge in [0.1, 0.15) is 11.2 Å². The van der Waals surface area contributed by atoms with Gasteiger partial charge in [-0.25, -0.2) is 0 Å². The quantitative estimate of drug-likeness (QED) is 0.434. The average Bonchev–Trinajstić information content (AvgIpc) is 3.03. The van der Waals surface area contributed by atoms with Gasteiger partial charge in [-0.2, -0.15) is 16.9 Å². The first-order valence-electron chi connectivity index (χ1n) is 11.9. The Morgan fingerprint density at radius 1 is 1.22 bits per heavy atom. The molecule has 178 valence electrons. The Morgan fingerprint density at radius 3 is 2.62 bits per heavy atom. The minimum absolute atomic E-state index is 0.154. The zero-order valence-electron chi connectivity index (χ0n) is 19.6. The average molecular weight is 464 g/mol. The lowest BCUT2D eigenvalue weighted by Crippen LogP contribution is -2.63. The Kier molecular flexibility index (Phi) is 8.62. The third kappa shape index (κ3) is 5.66. The molecule has 2 heterocycles. The minimum atomic E-state index is -1.05. The molecule has 1 saturated carbocycles. The van der Waals surface area contributed by atoms with Crippen molar-refractivity contribution in [3.05, 3.63) is 17.5 Å². The highest BCUT2D eigenvalue weighted by Crippen LogP contribution is 2.27. The molecule has 3 rings (SSSR count). The fourth-order valence-electron chi connectivity index (χ4n) is 4.32. The first-order chi connectivity index (χ1) is 15.4. The molecule has 1 aromatic heterocycles. The Hall–Kier alpha value is -2.03. The number of amides is 3. The maximum Gasteiger partial charge on any atom is 0.272 e. The summed E-state index contributed by atoms with van der Waals surface area (Å²) in [5.74, 6) is 1.40. The van der Waals surface area contributed by atoms with E-state index in [0.717, 1.165) is 50.0 Å². The molecule has 1 atom stereocenters. The molecule has 32 heavy (non-hydrogen) atoms. The summed E-state index contributed by atoms with van der Waals surface area (Å²) in [6, 6.07) is 1.68. The van der Waals surface area contributed by atoms with Crippen LogP contribution in [0.5, 0.6) is 0 Å². The predicted molar refractivity (Wildman–Crippen MR) is 127 cm³/mol. The number of hydrogen-bond donors (Lipinski definition) is 2. The molecule has 1 fully saturated rings. The molecule has 0 aromatic carbocycles. The second-order valence-corrected chi connectivity index (χ2v) is 10.3. The van der Waals surface area contributed by atoms with Gasteiger partial charge >= 0.3 is 0 Å². The zero-order chi connectivity index (χ0) is 23.1. The van der Waals surface area contributed by atoms with Crippen LogP contribution in [-0.4, -0.2) is 69.1 Å². The van der Waals surface area contributed by atoms with Crippen molar-refractivity contribution in [2.24, 2.45) is 0 Å². The predicted octanol–water partition coefficient (Wildman–Crippen LogP) is 2.83. The van der Waals surface area contributed by atoms with E-state index < -0.39 is 5.54 Å². The summed E-state index contributed by atoms with van der Waals surface area (Å²) in [5.41, 5.74) is -0.487. The van der Waals surface area contributed by atoms with Crippen LogP contribution in [0.4, 0.5) is 0 Å². The van der Waals surface area contributed by atoms with Crippen LogP contribution in [0.2, 0.25) is 0 Å². The van der Waals surface area contributed by atoms with E-state index in [9.17, 15) is 14.4 Å². The van der Waals surface area contributed by atoms with E-state index in [1.54, 1.807) is 14.0 Å². The Labute approximate surface area is 195 Å². The van der Waals surface area contributed by atoms with Gasteiger partial charge in [-0.15, -0.1) is 0 Å². The van der Waals surface area contributed by atoms with Crippen molar-refractivity contribution in [2.45, 2.75) is 83.3 Å². The van der Waals surface area contributed by atoms with Gasteiger partial charge < -0.3 is 15.5 Å². The number of hydrogen-bond acceptors (Lipinski definition) is 5. The molecule has 0 radical (unpaired) electrons. The molecule has 0 spiro atoms. The van der Waals surface area contributed by atoms with Crippen LogP contribution in [0.1, 0.15) is 86.2 Å². The molecule has 0 saturated heterocycles. The molecular weight excluding hydrogens is 426 g/mol. The van der Waals surface area contributed by atoms with Crippen LogP contribution < -0.4 is 10.6 Å². The second-order valence-electron chi connectivity index (χ2n) is 9.09. The van der Waals surface area contributed by atoms with Gasteiger partial charge in [0, 0.05) is 25.7 Å². The number of thioether (sulfide) groups is 1. The van der Waals surface area contributed by atoms with E-state index in [-0.39, 0.29) is 36.0 Å². The number of rotatable bonds is 9. The Balaban J connectivity index is 1.64. The van der Waals surface area contributed by atoms with Crippen LogP contribution in [0.15, 0.2) is 6.07 Å². The van der Waals surface area contributed by atoms with Crippen molar-refractivity contribution in [1.29, 1.82) is 0 Å². The highest BCUT2D eigenvalue weighted by atomic mass is 32.2. The zero-order valence-corrected chi connectivity index (χ0v) is 20.4. The molecule has 3 amide bonds. The van der Waals surface area contributed by atoms with Gasteiger partial charge in [0.15, 0.2) is 5.69 Å². The molecular formula is C23H37N5O3S. The topological polar surface area (TPSA) is 96.3 Å². The van der Waals surface area contributed by atoms with Crippen LogP contribution in [-0.2, 0) is 11.3 Å². The van der Waals surface area contributed by atoms with Crippen LogP contribution >= 0.6 is 11.8 Å². The Bertz CT molecular complexity index is 819. The fraction of sp³-hybridized carbons (Fsp3) is 0.739. The van der Waals surface area contributed by atoms with Crippen molar-refractivity contribution < 1.29 is 14.4 Å². The van der Waals surface area contributed by atoms with Crippen molar-refractivity contribution in [1.82, 2.24) is 25.3 Å². The van der Waals surface area contributed by atoms with E-state index in [4.69, 9.17) is 0 Å². The highest BCUT2D eigenvalue weighted by molar-refractivity contribution is 7.99. The van der Waals surface area contributed by atoms with E-state index in [2.05, 4.69) is 22.7 Å². The third-order valence-electron chi connectivity index (χ3n) is 6.51. The minimum Gasteiger partial charge on any atom is -0.351 e. The van der Waals surface area contributed by atoms with Crippen LogP contribution in [0, 0.1) is 0 Å². The molecule has 1 aliphatic heterocycles. The molecule has 2 N–H and O–H groups in total. The summed E-state index contributed by atoms with van der Waals surface area (Å²) >= 11 is 1.88. The molecule has 9 heteroatoms. The van der Waals surface area contributed by atoms with E-state index in [1.807, 2.05) is 11.8 Å². The smallest absolute Gasteiger partial charge is 0.272 e. The van der Waals surface area contributed by atoms with Crippen molar-refractivity contribution in [2.75, 3.05) is 25.1 Å². The number of nitrogens with zero attached hydrogens (tertiary/aromatic N) is 3. The number of fused-ring (bicyclic) bond motifs is 1. The first kappa shape index (κ1) is 24.6. The summed E-state index contributed by atoms with van der Waals surface area (Å²) in [7, 11) is 1.65. The molecule has 1 aromatic rings. The lowest BCUT2D eigenvalue weighted by Gasteiger charge is -2.41. The summed E-state index contributed by atoms with van der Waals surface area (Å²) in [6.45, 7) is 4.73. The van der Waals surface area contributed by atoms with E-state index >= 15 is 0 Å². The lowest BCUT2D eigenvalue weighted by atomic mass is 9.95. The standard InChI is InChI=1S/C23H37N5O3S/c1-4-13-32-14-9-12-24-20(29)18-15-19-21(30)27(3)23(2,16-28(19)26-18)22(31)25-17-10-7-5-6-8-11-17/h15,17H,4-14,16H2,1-3H3,(H,24,29)(H,25,31)/t23-/m1/s1. The normalized spacial score (nSPS) is 21.7.